The summed E-state index contributed by atoms with van der Waals surface area (Å²) in [5.41, 5.74) is 1.62. The van der Waals surface area contributed by atoms with Gasteiger partial charge in [0, 0.05) is 51.3 Å². The second-order valence-electron chi connectivity index (χ2n) is 7.78. The zero-order chi connectivity index (χ0) is 20.9. The molecule has 0 spiro atoms. The van der Waals surface area contributed by atoms with Gasteiger partial charge in [0.2, 0.25) is 10.0 Å². The zero-order valence-corrected chi connectivity index (χ0v) is 18.0. The van der Waals surface area contributed by atoms with Crippen LogP contribution in [0.5, 0.6) is 0 Å². The Kier molecular flexibility index (Phi) is 6.59. The number of aliphatic imine (C=N–C) groups is 1. The number of piperazine rings is 1. The number of aromatic nitrogens is 1. The number of rotatable bonds is 6. The predicted molar refractivity (Wildman–Crippen MR) is 113 cm³/mol. The van der Waals surface area contributed by atoms with Crippen LogP contribution in [-0.4, -0.2) is 68.5 Å². The van der Waals surface area contributed by atoms with Gasteiger partial charge >= 0.3 is 0 Å². The lowest BCUT2D eigenvalue weighted by Gasteiger charge is -2.37. The number of nitrogens with one attached hydrogen (secondary N) is 1. The molecule has 1 N–H and O–H groups in total. The van der Waals surface area contributed by atoms with Crippen LogP contribution in [0.25, 0.3) is 0 Å². The van der Waals surface area contributed by atoms with E-state index in [0.717, 1.165) is 12.5 Å². The molecular weight excluding hydrogens is 390 g/mol. The summed E-state index contributed by atoms with van der Waals surface area (Å²) >= 11 is 0. The lowest BCUT2D eigenvalue weighted by Crippen LogP contribution is -2.55. The van der Waals surface area contributed by atoms with Crippen LogP contribution in [0.4, 0.5) is 0 Å². The monoisotopic (exact) mass is 419 g/mol. The Labute approximate surface area is 172 Å². The third-order valence-corrected chi connectivity index (χ3v) is 7.02. The van der Waals surface area contributed by atoms with Crippen LogP contribution in [0.1, 0.15) is 25.1 Å². The van der Waals surface area contributed by atoms with Crippen LogP contribution in [-0.2, 0) is 21.2 Å². The van der Waals surface area contributed by atoms with E-state index >= 15 is 0 Å². The molecule has 1 aromatic heterocycles. The molecule has 1 fully saturated rings. The first-order valence-corrected chi connectivity index (χ1v) is 11.3. The highest BCUT2D eigenvalue weighted by Crippen LogP contribution is 2.22. The highest BCUT2D eigenvalue weighted by Gasteiger charge is 2.29. The number of benzene rings is 1. The number of sulfonamides is 1. The average molecular weight is 420 g/mol. The first kappa shape index (κ1) is 21.3. The normalized spacial score (nSPS) is 16.8. The van der Waals surface area contributed by atoms with Crippen molar-refractivity contribution in [2.45, 2.75) is 25.0 Å². The standard InChI is InChI=1S/C20H29N5O3S/c1-20(2,17-7-5-4-6-8-17)16-22-19(21-3)24-10-12-25(13-11-24)29(26,27)15-18-9-14-28-23-18/h4-9,14H,10-13,15-16H2,1-3H3,(H,21,22). The van der Waals surface area contributed by atoms with Crippen molar-refractivity contribution in [1.29, 1.82) is 0 Å². The lowest BCUT2D eigenvalue weighted by atomic mass is 9.85. The van der Waals surface area contributed by atoms with Gasteiger partial charge in [-0.2, -0.15) is 4.31 Å². The highest BCUT2D eigenvalue weighted by atomic mass is 32.2. The maximum Gasteiger partial charge on any atom is 0.220 e. The molecule has 0 unspecified atom stereocenters. The third-order valence-electron chi connectivity index (χ3n) is 5.21. The van der Waals surface area contributed by atoms with E-state index in [1.165, 1.54) is 16.1 Å². The number of guanidine groups is 1. The Morgan fingerprint density at radius 3 is 2.45 bits per heavy atom. The Morgan fingerprint density at radius 1 is 1.17 bits per heavy atom. The minimum atomic E-state index is -3.41. The lowest BCUT2D eigenvalue weighted by molar-refractivity contribution is 0.258. The van der Waals surface area contributed by atoms with Crippen molar-refractivity contribution < 1.29 is 12.9 Å². The minimum absolute atomic E-state index is 0.0556. The summed E-state index contributed by atoms with van der Waals surface area (Å²) in [7, 11) is -1.65. The molecule has 9 heteroatoms. The molecule has 0 aliphatic carbocycles. The van der Waals surface area contributed by atoms with Gasteiger partial charge in [-0.15, -0.1) is 0 Å². The molecule has 1 aromatic carbocycles. The fourth-order valence-corrected chi connectivity index (χ4v) is 4.82. The molecule has 3 rings (SSSR count). The van der Waals surface area contributed by atoms with E-state index in [-0.39, 0.29) is 11.2 Å². The van der Waals surface area contributed by atoms with Crippen molar-refractivity contribution in [3.05, 3.63) is 53.9 Å². The maximum atomic E-state index is 12.6. The molecule has 2 heterocycles. The Bertz CT molecular complexity index is 903. The van der Waals surface area contributed by atoms with E-state index in [2.05, 4.69) is 46.3 Å². The fourth-order valence-electron chi connectivity index (χ4n) is 3.39. The topological polar surface area (TPSA) is 91.0 Å². The van der Waals surface area contributed by atoms with Gasteiger partial charge in [-0.25, -0.2) is 8.42 Å². The largest absolute Gasteiger partial charge is 0.364 e. The summed E-state index contributed by atoms with van der Waals surface area (Å²) in [6.07, 6.45) is 1.38. The van der Waals surface area contributed by atoms with Gasteiger partial charge in [-0.1, -0.05) is 49.3 Å². The first-order valence-electron chi connectivity index (χ1n) is 9.70. The van der Waals surface area contributed by atoms with Crippen molar-refractivity contribution in [3.8, 4) is 0 Å². The molecule has 0 saturated carbocycles. The smallest absolute Gasteiger partial charge is 0.220 e. The van der Waals surface area contributed by atoms with Gasteiger partial charge in [0.15, 0.2) is 5.96 Å². The van der Waals surface area contributed by atoms with Crippen molar-refractivity contribution in [2.24, 2.45) is 4.99 Å². The van der Waals surface area contributed by atoms with E-state index < -0.39 is 10.0 Å². The van der Waals surface area contributed by atoms with Gasteiger partial charge in [0.1, 0.15) is 12.0 Å². The van der Waals surface area contributed by atoms with Crippen LogP contribution in [0.3, 0.4) is 0 Å². The molecule has 2 aromatic rings. The third kappa shape index (κ3) is 5.36. The molecule has 1 aliphatic heterocycles. The van der Waals surface area contributed by atoms with E-state index in [9.17, 15) is 8.42 Å². The summed E-state index contributed by atoms with van der Waals surface area (Å²) in [6, 6.07) is 11.9. The van der Waals surface area contributed by atoms with Crippen molar-refractivity contribution in [3.63, 3.8) is 0 Å². The number of hydrogen-bond donors (Lipinski definition) is 1. The summed E-state index contributed by atoms with van der Waals surface area (Å²) < 4.78 is 31.4. The second kappa shape index (κ2) is 8.96. The highest BCUT2D eigenvalue weighted by molar-refractivity contribution is 7.88. The average Bonchev–Trinajstić information content (AvgIpc) is 3.22. The summed E-state index contributed by atoms with van der Waals surface area (Å²) in [5.74, 6) is 0.657. The van der Waals surface area contributed by atoms with E-state index in [1.807, 2.05) is 18.2 Å². The van der Waals surface area contributed by atoms with E-state index in [0.29, 0.717) is 31.9 Å². The van der Waals surface area contributed by atoms with Crippen molar-refractivity contribution in [1.82, 2.24) is 19.7 Å². The molecule has 158 valence electrons. The van der Waals surface area contributed by atoms with Gasteiger partial charge in [-0.3, -0.25) is 4.99 Å². The minimum Gasteiger partial charge on any atom is -0.364 e. The molecule has 0 bridgehead atoms. The SMILES string of the molecule is CN=C(NCC(C)(C)c1ccccc1)N1CCN(S(=O)(=O)Cc2ccon2)CC1. The Morgan fingerprint density at radius 2 is 1.86 bits per heavy atom. The van der Waals surface area contributed by atoms with E-state index in [4.69, 9.17) is 4.52 Å². The zero-order valence-electron chi connectivity index (χ0n) is 17.2. The van der Waals surface area contributed by atoms with Gasteiger partial charge in [0.25, 0.3) is 0 Å². The number of hydrogen-bond acceptors (Lipinski definition) is 5. The van der Waals surface area contributed by atoms with Gasteiger partial charge in [-0.05, 0) is 5.56 Å². The van der Waals surface area contributed by atoms with Crippen molar-refractivity contribution >= 4 is 16.0 Å². The van der Waals surface area contributed by atoms with Crippen LogP contribution in [0.15, 0.2) is 52.2 Å². The quantitative estimate of drug-likeness (QED) is 0.566. The predicted octanol–water partition coefficient (Wildman–Crippen LogP) is 1.68. The second-order valence-corrected chi connectivity index (χ2v) is 9.75. The van der Waals surface area contributed by atoms with Crippen molar-refractivity contribution in [2.75, 3.05) is 39.8 Å². The van der Waals surface area contributed by atoms with Crippen LogP contribution in [0, 0.1) is 0 Å². The molecule has 0 atom stereocenters. The molecule has 8 nitrogen and oxygen atoms in total. The van der Waals surface area contributed by atoms with Crippen LogP contribution < -0.4 is 5.32 Å². The van der Waals surface area contributed by atoms with Crippen LogP contribution >= 0.6 is 0 Å². The molecular formula is C20H29N5O3S. The number of nitrogens with zero attached hydrogens (tertiary/aromatic N) is 4. The Balaban J connectivity index is 1.55. The maximum absolute atomic E-state index is 12.6. The molecule has 1 aliphatic rings. The van der Waals surface area contributed by atoms with Crippen LogP contribution in [0.2, 0.25) is 0 Å². The van der Waals surface area contributed by atoms with E-state index in [1.54, 1.807) is 13.1 Å². The summed E-state index contributed by atoms with van der Waals surface area (Å²) in [5, 5.41) is 7.16. The fraction of sp³-hybridized carbons (Fsp3) is 0.500. The van der Waals surface area contributed by atoms with Gasteiger partial charge in [0.05, 0.1) is 5.69 Å². The molecule has 1 saturated heterocycles. The first-order chi connectivity index (χ1) is 13.8. The Hall–Kier alpha value is -2.39. The summed E-state index contributed by atoms with van der Waals surface area (Å²) in [6.45, 7) is 7.13. The van der Waals surface area contributed by atoms with Gasteiger partial charge < -0.3 is 14.7 Å². The molecule has 29 heavy (non-hydrogen) atoms. The summed E-state index contributed by atoms with van der Waals surface area (Å²) in [4.78, 5) is 6.50. The molecule has 0 amide bonds. The molecule has 0 radical (unpaired) electrons.